The van der Waals surface area contributed by atoms with Gasteiger partial charge in [0.2, 0.25) is 0 Å². The quantitative estimate of drug-likeness (QED) is 0.506. The van der Waals surface area contributed by atoms with E-state index in [9.17, 15) is 14.9 Å². The molecule has 1 aliphatic rings. The van der Waals surface area contributed by atoms with Crippen LogP contribution in [-0.2, 0) is 11.3 Å². The highest BCUT2D eigenvalue weighted by Gasteiger charge is 2.31. The Morgan fingerprint density at radius 2 is 1.86 bits per heavy atom. The number of methoxy groups -OCH3 is 2. The average molecular weight is 388 g/mol. The standard InChI is InChI=1S/C19H20N2O7/c1-25-17-8-3-13(9-18(17)26-2)10-20-11-16(28-19(20)22)12-27-15-6-4-14(5-7-15)21(23)24/h3-9,16H,10-12H2,1-2H3. The van der Waals surface area contributed by atoms with Crippen molar-refractivity contribution in [2.75, 3.05) is 27.4 Å². The molecule has 1 unspecified atom stereocenters. The minimum Gasteiger partial charge on any atom is -0.493 e. The fourth-order valence-corrected chi connectivity index (χ4v) is 2.84. The van der Waals surface area contributed by atoms with Gasteiger partial charge < -0.3 is 23.8 Å². The number of amides is 1. The van der Waals surface area contributed by atoms with Crippen molar-refractivity contribution in [3.05, 3.63) is 58.1 Å². The van der Waals surface area contributed by atoms with Gasteiger partial charge in [0.05, 0.1) is 25.7 Å². The van der Waals surface area contributed by atoms with E-state index in [1.54, 1.807) is 25.2 Å². The molecule has 0 saturated carbocycles. The number of carbonyl (C=O) groups excluding carboxylic acids is 1. The number of hydrogen-bond donors (Lipinski definition) is 0. The normalized spacial score (nSPS) is 15.9. The molecule has 0 N–H and O–H groups in total. The lowest BCUT2D eigenvalue weighted by molar-refractivity contribution is -0.384. The van der Waals surface area contributed by atoms with Gasteiger partial charge in [-0.05, 0) is 29.8 Å². The first-order chi connectivity index (χ1) is 13.5. The van der Waals surface area contributed by atoms with Gasteiger partial charge in [-0.1, -0.05) is 6.07 Å². The van der Waals surface area contributed by atoms with Crippen LogP contribution >= 0.6 is 0 Å². The molecule has 9 heteroatoms. The van der Waals surface area contributed by atoms with Crippen molar-refractivity contribution in [1.29, 1.82) is 0 Å². The van der Waals surface area contributed by atoms with Crippen LogP contribution in [-0.4, -0.2) is 49.4 Å². The fraction of sp³-hybridized carbons (Fsp3) is 0.316. The lowest BCUT2D eigenvalue weighted by atomic mass is 10.2. The predicted molar refractivity (Wildman–Crippen MR) is 98.8 cm³/mol. The van der Waals surface area contributed by atoms with Gasteiger partial charge in [0.15, 0.2) is 17.6 Å². The molecule has 3 rings (SSSR count). The Balaban J connectivity index is 1.55. The largest absolute Gasteiger partial charge is 0.493 e. The summed E-state index contributed by atoms with van der Waals surface area (Å²) in [4.78, 5) is 23.9. The van der Waals surface area contributed by atoms with E-state index in [4.69, 9.17) is 18.9 Å². The summed E-state index contributed by atoms with van der Waals surface area (Å²) < 4.78 is 21.4. The van der Waals surface area contributed by atoms with E-state index in [0.717, 1.165) is 5.56 Å². The molecule has 0 aromatic heterocycles. The second-order valence-electron chi connectivity index (χ2n) is 6.14. The van der Waals surface area contributed by atoms with E-state index < -0.39 is 17.1 Å². The molecular weight excluding hydrogens is 368 g/mol. The summed E-state index contributed by atoms with van der Waals surface area (Å²) >= 11 is 0. The maximum atomic E-state index is 12.1. The topological polar surface area (TPSA) is 100 Å². The molecule has 1 fully saturated rings. The molecule has 28 heavy (non-hydrogen) atoms. The minimum atomic E-state index is -0.478. The fourth-order valence-electron chi connectivity index (χ4n) is 2.84. The van der Waals surface area contributed by atoms with Crippen LogP contribution in [0.1, 0.15) is 5.56 Å². The zero-order valence-corrected chi connectivity index (χ0v) is 15.5. The average Bonchev–Trinajstić information content (AvgIpc) is 3.05. The molecule has 1 saturated heterocycles. The SMILES string of the molecule is COc1ccc(CN2CC(COc3ccc([N+](=O)[O-])cc3)OC2=O)cc1OC. The summed E-state index contributed by atoms with van der Waals surface area (Å²) in [5, 5.41) is 10.7. The van der Waals surface area contributed by atoms with Crippen LogP contribution in [0.15, 0.2) is 42.5 Å². The third-order valence-corrected chi connectivity index (χ3v) is 4.25. The van der Waals surface area contributed by atoms with E-state index in [2.05, 4.69) is 0 Å². The van der Waals surface area contributed by atoms with Crippen LogP contribution in [0.5, 0.6) is 17.2 Å². The molecule has 9 nitrogen and oxygen atoms in total. The highest BCUT2D eigenvalue weighted by Crippen LogP contribution is 2.28. The first-order valence-corrected chi connectivity index (χ1v) is 8.54. The Kier molecular flexibility index (Phi) is 5.83. The van der Waals surface area contributed by atoms with Crippen LogP contribution in [0, 0.1) is 10.1 Å². The molecule has 0 aliphatic carbocycles. The Bertz CT molecular complexity index is 854. The molecule has 0 bridgehead atoms. The number of cyclic esters (lactones) is 1. The van der Waals surface area contributed by atoms with Gasteiger partial charge in [0.1, 0.15) is 12.4 Å². The monoisotopic (exact) mass is 388 g/mol. The van der Waals surface area contributed by atoms with Crippen LogP contribution < -0.4 is 14.2 Å². The van der Waals surface area contributed by atoms with Gasteiger partial charge in [-0.25, -0.2) is 4.79 Å². The molecule has 1 aliphatic heterocycles. The van der Waals surface area contributed by atoms with Crippen molar-refractivity contribution in [3.8, 4) is 17.2 Å². The van der Waals surface area contributed by atoms with Gasteiger partial charge in [0, 0.05) is 18.7 Å². The number of hydrogen-bond acceptors (Lipinski definition) is 7. The highest BCUT2D eigenvalue weighted by atomic mass is 16.6. The molecule has 148 valence electrons. The van der Waals surface area contributed by atoms with Crippen LogP contribution in [0.4, 0.5) is 10.5 Å². The van der Waals surface area contributed by atoms with Gasteiger partial charge in [-0.2, -0.15) is 0 Å². The highest BCUT2D eigenvalue weighted by molar-refractivity contribution is 5.70. The van der Waals surface area contributed by atoms with Crippen LogP contribution in [0.25, 0.3) is 0 Å². The van der Waals surface area contributed by atoms with Crippen molar-refractivity contribution >= 4 is 11.8 Å². The Labute approximate surface area is 161 Å². The van der Waals surface area contributed by atoms with Crippen LogP contribution in [0.3, 0.4) is 0 Å². The molecule has 1 heterocycles. The van der Waals surface area contributed by atoms with E-state index >= 15 is 0 Å². The Morgan fingerprint density at radius 3 is 2.50 bits per heavy atom. The summed E-state index contributed by atoms with van der Waals surface area (Å²) in [7, 11) is 3.11. The zero-order valence-electron chi connectivity index (χ0n) is 15.5. The zero-order chi connectivity index (χ0) is 20.1. The van der Waals surface area contributed by atoms with Crippen molar-refractivity contribution in [1.82, 2.24) is 4.90 Å². The van der Waals surface area contributed by atoms with E-state index in [1.807, 2.05) is 12.1 Å². The summed E-state index contributed by atoms with van der Waals surface area (Å²) in [6.07, 6.45) is -0.852. The number of ether oxygens (including phenoxy) is 4. The molecular formula is C19H20N2O7. The summed E-state index contributed by atoms with van der Waals surface area (Å²) in [6.45, 7) is 0.902. The van der Waals surface area contributed by atoms with Gasteiger partial charge in [0.25, 0.3) is 5.69 Å². The van der Waals surface area contributed by atoms with Crippen LogP contribution in [0.2, 0.25) is 0 Å². The smallest absolute Gasteiger partial charge is 0.410 e. The maximum absolute atomic E-state index is 12.1. The van der Waals surface area contributed by atoms with Gasteiger partial charge in [-0.3, -0.25) is 10.1 Å². The van der Waals surface area contributed by atoms with Crippen molar-refractivity contribution < 1.29 is 28.7 Å². The van der Waals surface area contributed by atoms with Crippen molar-refractivity contribution in [2.45, 2.75) is 12.6 Å². The number of nitro benzene ring substituents is 1. The Hall–Kier alpha value is -3.49. The van der Waals surface area contributed by atoms with E-state index in [-0.39, 0.29) is 12.3 Å². The number of nitro groups is 1. The second kappa shape index (κ2) is 8.47. The molecule has 1 atom stereocenters. The minimum absolute atomic E-state index is 0.0132. The first-order valence-electron chi connectivity index (χ1n) is 8.54. The lowest BCUT2D eigenvalue weighted by Gasteiger charge is -2.15. The van der Waals surface area contributed by atoms with E-state index in [1.165, 1.54) is 24.3 Å². The van der Waals surface area contributed by atoms with Crippen molar-refractivity contribution in [3.63, 3.8) is 0 Å². The van der Waals surface area contributed by atoms with E-state index in [0.29, 0.717) is 30.3 Å². The number of nitrogens with zero attached hydrogens (tertiary/aromatic N) is 2. The number of rotatable bonds is 8. The number of non-ortho nitro benzene ring substituents is 1. The Morgan fingerprint density at radius 1 is 1.14 bits per heavy atom. The number of carbonyl (C=O) groups is 1. The predicted octanol–water partition coefficient (Wildman–Crippen LogP) is 3.01. The maximum Gasteiger partial charge on any atom is 0.410 e. The summed E-state index contributed by atoms with van der Waals surface area (Å²) in [6, 6.07) is 11.2. The summed E-state index contributed by atoms with van der Waals surface area (Å²) in [5.41, 5.74) is 0.868. The molecule has 0 radical (unpaired) electrons. The third-order valence-electron chi connectivity index (χ3n) is 4.25. The molecule has 2 aromatic rings. The molecule has 2 aromatic carbocycles. The summed E-state index contributed by atoms with van der Waals surface area (Å²) in [5.74, 6) is 1.68. The van der Waals surface area contributed by atoms with Crippen molar-refractivity contribution in [2.24, 2.45) is 0 Å². The van der Waals surface area contributed by atoms with Gasteiger partial charge in [-0.15, -0.1) is 0 Å². The lowest BCUT2D eigenvalue weighted by Crippen LogP contribution is -2.26. The number of benzene rings is 2. The molecule has 1 amide bonds. The molecule has 0 spiro atoms. The first kappa shape index (κ1) is 19.3. The third kappa shape index (κ3) is 4.43. The van der Waals surface area contributed by atoms with Gasteiger partial charge >= 0.3 is 6.09 Å². The second-order valence-corrected chi connectivity index (χ2v) is 6.14.